The number of carbonyl (C=O) groups excluding carboxylic acids is 2. The van der Waals surface area contributed by atoms with Gasteiger partial charge in [0.25, 0.3) is 5.91 Å². The highest BCUT2D eigenvalue weighted by atomic mass is 16.6. The van der Waals surface area contributed by atoms with Crippen molar-refractivity contribution in [2.75, 3.05) is 19.8 Å². The molecule has 1 aliphatic rings. The summed E-state index contributed by atoms with van der Waals surface area (Å²) in [6.45, 7) is -0.0622. The quantitative estimate of drug-likeness (QED) is 0.520. The zero-order chi connectivity index (χ0) is 20.2. The molecule has 8 nitrogen and oxygen atoms in total. The Morgan fingerprint density at radius 1 is 1.07 bits per heavy atom. The summed E-state index contributed by atoms with van der Waals surface area (Å²) < 4.78 is 21.3. The van der Waals surface area contributed by atoms with Crippen LogP contribution >= 0.6 is 0 Å². The molecule has 0 aliphatic carbocycles. The Hall–Kier alpha value is -3.81. The van der Waals surface area contributed by atoms with Crippen LogP contribution < -0.4 is 20.4 Å². The number of ether oxygens (including phenoxy) is 3. The molecule has 0 unspecified atom stereocenters. The molecule has 0 bridgehead atoms. The summed E-state index contributed by atoms with van der Waals surface area (Å²) in [6.07, 6.45) is -0.364. The molecule has 2 aromatic carbocycles. The van der Waals surface area contributed by atoms with Crippen molar-refractivity contribution in [3.05, 3.63) is 70.6 Å². The van der Waals surface area contributed by atoms with Gasteiger partial charge in [0.1, 0.15) is 23.9 Å². The van der Waals surface area contributed by atoms with Gasteiger partial charge in [-0.3, -0.25) is 4.79 Å². The van der Waals surface area contributed by atoms with Gasteiger partial charge in [0, 0.05) is 5.39 Å². The van der Waals surface area contributed by atoms with Crippen LogP contribution in [0.5, 0.6) is 11.5 Å². The summed E-state index contributed by atoms with van der Waals surface area (Å²) in [4.78, 5) is 36.1. The van der Waals surface area contributed by atoms with Crippen LogP contribution in [0.15, 0.2) is 63.8 Å². The highest BCUT2D eigenvalue weighted by Crippen LogP contribution is 2.30. The molecule has 2 heterocycles. The summed E-state index contributed by atoms with van der Waals surface area (Å²) >= 11 is 0. The molecular formula is C21H17NO7. The van der Waals surface area contributed by atoms with Gasteiger partial charge in [0.2, 0.25) is 0 Å². The van der Waals surface area contributed by atoms with E-state index >= 15 is 0 Å². The maximum atomic E-state index is 12.1. The first-order chi connectivity index (χ1) is 14.1. The van der Waals surface area contributed by atoms with E-state index in [1.54, 1.807) is 36.4 Å². The Bertz CT molecular complexity index is 1120. The molecule has 29 heavy (non-hydrogen) atoms. The van der Waals surface area contributed by atoms with Gasteiger partial charge in [-0.25, -0.2) is 9.59 Å². The lowest BCUT2D eigenvalue weighted by Gasteiger charge is -2.26. The van der Waals surface area contributed by atoms with E-state index in [9.17, 15) is 14.4 Å². The summed E-state index contributed by atoms with van der Waals surface area (Å²) in [5.41, 5.74) is -0.722. The molecule has 1 N–H and O–H groups in total. The predicted octanol–water partition coefficient (Wildman–Crippen LogP) is 1.91. The van der Waals surface area contributed by atoms with Crippen LogP contribution in [0.25, 0.3) is 11.0 Å². The number of nitrogens with one attached hydrogen (secondary N) is 1. The number of para-hydroxylation sites is 3. The van der Waals surface area contributed by atoms with Gasteiger partial charge in [-0.15, -0.1) is 0 Å². The monoisotopic (exact) mass is 395 g/mol. The summed E-state index contributed by atoms with van der Waals surface area (Å²) in [7, 11) is 0. The molecule has 1 atom stereocenters. The number of carbonyl (C=O) groups is 2. The van der Waals surface area contributed by atoms with Crippen molar-refractivity contribution < 1.29 is 28.2 Å². The van der Waals surface area contributed by atoms with Crippen LogP contribution in [0.3, 0.4) is 0 Å². The zero-order valence-corrected chi connectivity index (χ0v) is 15.3. The molecule has 0 saturated carbocycles. The molecule has 8 heteroatoms. The fraction of sp³-hybridized carbons (Fsp3) is 0.190. The number of hydrogen-bond acceptors (Lipinski definition) is 7. The molecule has 0 spiro atoms. The average Bonchev–Trinajstić information content (AvgIpc) is 2.75. The highest BCUT2D eigenvalue weighted by Gasteiger charge is 2.22. The van der Waals surface area contributed by atoms with Gasteiger partial charge in [-0.2, -0.15) is 0 Å². The third kappa shape index (κ3) is 4.21. The van der Waals surface area contributed by atoms with Gasteiger partial charge in [-0.05, 0) is 24.3 Å². The molecule has 1 aromatic heterocycles. The minimum absolute atomic E-state index is 0.183. The number of amides is 1. The highest BCUT2D eigenvalue weighted by molar-refractivity contribution is 5.94. The van der Waals surface area contributed by atoms with E-state index < -0.39 is 24.1 Å². The van der Waals surface area contributed by atoms with E-state index in [1.165, 1.54) is 6.07 Å². The lowest BCUT2D eigenvalue weighted by molar-refractivity contribution is -0.124. The first-order valence-corrected chi connectivity index (χ1v) is 8.95. The fourth-order valence-corrected chi connectivity index (χ4v) is 2.86. The summed E-state index contributed by atoms with van der Waals surface area (Å²) in [6, 6.07) is 15.4. The molecule has 3 aromatic rings. The van der Waals surface area contributed by atoms with E-state index in [0.717, 1.165) is 0 Å². The second-order valence-corrected chi connectivity index (χ2v) is 6.36. The van der Waals surface area contributed by atoms with Crippen LogP contribution in [0, 0.1) is 0 Å². The van der Waals surface area contributed by atoms with E-state index in [0.29, 0.717) is 22.5 Å². The van der Waals surface area contributed by atoms with Crippen molar-refractivity contribution in [2.45, 2.75) is 6.10 Å². The zero-order valence-electron chi connectivity index (χ0n) is 15.3. The normalized spacial score (nSPS) is 15.0. The lowest BCUT2D eigenvalue weighted by Crippen LogP contribution is -2.42. The Labute approximate surface area is 165 Å². The first-order valence-electron chi connectivity index (χ1n) is 8.95. The minimum atomic E-state index is -0.925. The number of rotatable bonds is 5. The molecule has 0 radical (unpaired) electrons. The van der Waals surface area contributed by atoms with Crippen molar-refractivity contribution in [1.29, 1.82) is 0 Å². The van der Waals surface area contributed by atoms with Crippen molar-refractivity contribution >= 4 is 22.8 Å². The predicted molar refractivity (Wildman–Crippen MR) is 102 cm³/mol. The van der Waals surface area contributed by atoms with Gasteiger partial charge in [-0.1, -0.05) is 30.3 Å². The minimum Gasteiger partial charge on any atom is -0.486 e. The van der Waals surface area contributed by atoms with E-state index in [-0.39, 0.29) is 24.8 Å². The van der Waals surface area contributed by atoms with Gasteiger partial charge < -0.3 is 23.9 Å². The SMILES string of the molecule is O=C(COC(=O)c1cc2ccccc2oc1=O)NC[C@@H]1COc2ccccc2O1. The van der Waals surface area contributed by atoms with Crippen molar-refractivity contribution in [1.82, 2.24) is 5.32 Å². The average molecular weight is 395 g/mol. The first kappa shape index (κ1) is 18.5. The second-order valence-electron chi connectivity index (χ2n) is 6.36. The Morgan fingerprint density at radius 2 is 1.83 bits per heavy atom. The molecule has 4 rings (SSSR count). The standard InChI is InChI=1S/C21H17NO7/c23-19(22-10-14-11-26-17-7-3-4-8-18(17)28-14)12-27-20(24)15-9-13-5-1-2-6-16(13)29-21(15)25/h1-9,14H,10-12H2,(H,22,23)/t14-/m1/s1. The summed E-state index contributed by atoms with van der Waals surface area (Å²) in [5, 5.41) is 3.19. The maximum Gasteiger partial charge on any atom is 0.351 e. The van der Waals surface area contributed by atoms with Crippen molar-refractivity contribution in [3.63, 3.8) is 0 Å². The molecule has 1 amide bonds. The number of hydrogen-bond donors (Lipinski definition) is 1. The van der Waals surface area contributed by atoms with Crippen LogP contribution in [0.4, 0.5) is 0 Å². The number of fused-ring (bicyclic) bond motifs is 2. The Balaban J connectivity index is 1.29. The molecule has 1 aliphatic heterocycles. The number of esters is 1. The topological polar surface area (TPSA) is 104 Å². The van der Waals surface area contributed by atoms with Crippen LogP contribution in [-0.4, -0.2) is 37.7 Å². The fourth-order valence-electron chi connectivity index (χ4n) is 2.86. The third-order valence-corrected chi connectivity index (χ3v) is 4.29. The van der Waals surface area contributed by atoms with E-state index in [1.807, 2.05) is 12.1 Å². The van der Waals surface area contributed by atoms with Crippen LogP contribution in [0.2, 0.25) is 0 Å². The molecular weight excluding hydrogens is 378 g/mol. The lowest BCUT2D eigenvalue weighted by atomic mass is 10.2. The molecule has 148 valence electrons. The third-order valence-electron chi connectivity index (χ3n) is 4.29. The summed E-state index contributed by atoms with van der Waals surface area (Å²) in [5.74, 6) is -0.192. The van der Waals surface area contributed by atoms with Crippen molar-refractivity contribution in [2.24, 2.45) is 0 Å². The molecule has 0 saturated heterocycles. The maximum absolute atomic E-state index is 12.1. The Kier molecular flexibility index (Phi) is 5.15. The van der Waals surface area contributed by atoms with E-state index in [2.05, 4.69) is 5.32 Å². The van der Waals surface area contributed by atoms with E-state index in [4.69, 9.17) is 18.6 Å². The Morgan fingerprint density at radius 3 is 2.69 bits per heavy atom. The smallest absolute Gasteiger partial charge is 0.351 e. The van der Waals surface area contributed by atoms with Crippen LogP contribution in [0.1, 0.15) is 10.4 Å². The molecule has 0 fully saturated rings. The van der Waals surface area contributed by atoms with Crippen molar-refractivity contribution in [3.8, 4) is 11.5 Å². The van der Waals surface area contributed by atoms with Gasteiger partial charge in [0.15, 0.2) is 18.1 Å². The van der Waals surface area contributed by atoms with Gasteiger partial charge >= 0.3 is 11.6 Å². The largest absolute Gasteiger partial charge is 0.486 e. The number of benzene rings is 2. The van der Waals surface area contributed by atoms with Crippen LogP contribution in [-0.2, 0) is 9.53 Å². The van der Waals surface area contributed by atoms with Gasteiger partial charge in [0.05, 0.1) is 6.54 Å². The second kappa shape index (κ2) is 8.05.